The van der Waals surface area contributed by atoms with Gasteiger partial charge in [0, 0.05) is 5.56 Å². The smallest absolute Gasteiger partial charge is 0.186 e. The van der Waals surface area contributed by atoms with E-state index >= 15 is 0 Å². The van der Waals surface area contributed by atoms with E-state index in [1.807, 2.05) is 0 Å². The van der Waals surface area contributed by atoms with Crippen LogP contribution in [0.3, 0.4) is 0 Å². The SMILES string of the molecule is COc1ccc(-c2nc(C)c(F)c(N)n2)cc1. The van der Waals surface area contributed by atoms with E-state index < -0.39 is 5.82 Å². The van der Waals surface area contributed by atoms with Crippen LogP contribution in [0, 0.1) is 12.7 Å². The molecule has 17 heavy (non-hydrogen) atoms. The lowest BCUT2D eigenvalue weighted by Crippen LogP contribution is -2.02. The molecule has 0 aliphatic rings. The molecule has 1 aromatic heterocycles. The summed E-state index contributed by atoms with van der Waals surface area (Å²) in [6.45, 7) is 1.56. The molecule has 0 aliphatic heterocycles. The molecule has 0 bridgehead atoms. The number of rotatable bonds is 2. The first-order valence-corrected chi connectivity index (χ1v) is 5.06. The lowest BCUT2D eigenvalue weighted by molar-refractivity contribution is 0.415. The van der Waals surface area contributed by atoms with Gasteiger partial charge in [0.15, 0.2) is 17.5 Å². The summed E-state index contributed by atoms with van der Waals surface area (Å²) in [6.07, 6.45) is 0. The quantitative estimate of drug-likeness (QED) is 0.863. The van der Waals surface area contributed by atoms with Crippen LogP contribution in [0.1, 0.15) is 5.69 Å². The fourth-order valence-electron chi connectivity index (χ4n) is 1.45. The van der Waals surface area contributed by atoms with Crippen LogP contribution in [0.25, 0.3) is 11.4 Å². The van der Waals surface area contributed by atoms with Crippen molar-refractivity contribution in [1.82, 2.24) is 9.97 Å². The molecule has 88 valence electrons. The summed E-state index contributed by atoms with van der Waals surface area (Å²) in [7, 11) is 1.59. The van der Waals surface area contributed by atoms with Crippen LogP contribution >= 0.6 is 0 Å². The van der Waals surface area contributed by atoms with Crippen LogP contribution < -0.4 is 10.5 Å². The third-order valence-electron chi connectivity index (χ3n) is 2.39. The number of halogens is 1. The van der Waals surface area contributed by atoms with Gasteiger partial charge in [0.1, 0.15) is 5.75 Å². The van der Waals surface area contributed by atoms with Crippen molar-refractivity contribution >= 4 is 5.82 Å². The molecule has 0 spiro atoms. The van der Waals surface area contributed by atoms with Gasteiger partial charge in [-0.05, 0) is 31.2 Å². The molecule has 0 aliphatic carbocycles. The minimum atomic E-state index is -0.567. The average Bonchev–Trinajstić information content (AvgIpc) is 2.35. The molecule has 0 unspecified atom stereocenters. The Balaban J connectivity index is 2.45. The molecule has 0 saturated carbocycles. The Bertz CT molecular complexity index is 517. The zero-order valence-corrected chi connectivity index (χ0v) is 9.57. The Labute approximate surface area is 98.3 Å². The lowest BCUT2D eigenvalue weighted by Gasteiger charge is -2.05. The Morgan fingerprint density at radius 1 is 1.18 bits per heavy atom. The van der Waals surface area contributed by atoms with Gasteiger partial charge in [-0.15, -0.1) is 0 Å². The predicted octanol–water partition coefficient (Wildman–Crippen LogP) is 2.18. The maximum absolute atomic E-state index is 13.3. The Hall–Kier alpha value is -2.17. The number of hydrogen-bond donors (Lipinski definition) is 1. The molecule has 5 heteroatoms. The van der Waals surface area contributed by atoms with Crippen molar-refractivity contribution in [3.05, 3.63) is 35.8 Å². The van der Waals surface area contributed by atoms with Crippen LogP contribution in [0.4, 0.5) is 10.2 Å². The van der Waals surface area contributed by atoms with Gasteiger partial charge in [-0.1, -0.05) is 0 Å². The first-order valence-electron chi connectivity index (χ1n) is 5.06. The number of methoxy groups -OCH3 is 1. The summed E-state index contributed by atoms with van der Waals surface area (Å²) in [4.78, 5) is 7.96. The van der Waals surface area contributed by atoms with E-state index in [1.54, 1.807) is 38.3 Å². The van der Waals surface area contributed by atoms with E-state index in [0.29, 0.717) is 5.82 Å². The molecule has 0 amide bonds. The average molecular weight is 233 g/mol. The monoisotopic (exact) mass is 233 g/mol. The van der Waals surface area contributed by atoms with E-state index in [4.69, 9.17) is 10.5 Å². The normalized spacial score (nSPS) is 10.3. The van der Waals surface area contributed by atoms with Crippen LogP contribution in [0.2, 0.25) is 0 Å². The minimum absolute atomic E-state index is 0.136. The molecular formula is C12H12FN3O. The molecule has 1 heterocycles. The first-order chi connectivity index (χ1) is 8.11. The van der Waals surface area contributed by atoms with Crippen molar-refractivity contribution in [1.29, 1.82) is 0 Å². The second-order valence-corrected chi connectivity index (χ2v) is 3.56. The molecule has 2 N–H and O–H groups in total. The molecule has 2 aromatic rings. The second-order valence-electron chi connectivity index (χ2n) is 3.56. The number of nitrogens with zero attached hydrogens (tertiary/aromatic N) is 2. The van der Waals surface area contributed by atoms with Crippen molar-refractivity contribution in [2.24, 2.45) is 0 Å². The number of aromatic nitrogens is 2. The standard InChI is InChI=1S/C12H12FN3O/c1-7-10(13)11(14)16-12(15-7)8-3-5-9(17-2)6-4-8/h3-6H,1-2H3,(H2,14,15,16). The van der Waals surface area contributed by atoms with E-state index in [0.717, 1.165) is 11.3 Å². The molecule has 4 nitrogen and oxygen atoms in total. The summed E-state index contributed by atoms with van der Waals surface area (Å²) in [5, 5.41) is 0. The first kappa shape index (κ1) is 11.3. The number of hydrogen-bond acceptors (Lipinski definition) is 4. The van der Waals surface area contributed by atoms with Crippen molar-refractivity contribution in [2.45, 2.75) is 6.92 Å². The van der Waals surface area contributed by atoms with E-state index in [1.165, 1.54) is 0 Å². The largest absolute Gasteiger partial charge is 0.497 e. The van der Waals surface area contributed by atoms with Gasteiger partial charge in [-0.3, -0.25) is 0 Å². The number of nitrogens with two attached hydrogens (primary N) is 1. The van der Waals surface area contributed by atoms with Gasteiger partial charge < -0.3 is 10.5 Å². The van der Waals surface area contributed by atoms with Crippen molar-refractivity contribution in [2.75, 3.05) is 12.8 Å². The summed E-state index contributed by atoms with van der Waals surface area (Å²) in [5.74, 6) is 0.440. The van der Waals surface area contributed by atoms with Crippen molar-refractivity contribution in [3.8, 4) is 17.1 Å². The number of nitrogen functional groups attached to an aromatic ring is 1. The fourth-order valence-corrected chi connectivity index (χ4v) is 1.45. The highest BCUT2D eigenvalue weighted by Gasteiger charge is 2.09. The van der Waals surface area contributed by atoms with Crippen molar-refractivity contribution < 1.29 is 9.13 Å². The molecular weight excluding hydrogens is 221 g/mol. The number of benzene rings is 1. The lowest BCUT2D eigenvalue weighted by atomic mass is 10.2. The minimum Gasteiger partial charge on any atom is -0.497 e. The molecule has 0 saturated heterocycles. The second kappa shape index (κ2) is 4.37. The molecule has 2 rings (SSSR count). The van der Waals surface area contributed by atoms with Crippen LogP contribution in [-0.2, 0) is 0 Å². The van der Waals surface area contributed by atoms with Crippen LogP contribution in [0.15, 0.2) is 24.3 Å². The van der Waals surface area contributed by atoms with Crippen LogP contribution in [0.5, 0.6) is 5.75 Å². The van der Waals surface area contributed by atoms with Gasteiger partial charge in [-0.2, -0.15) is 0 Å². The number of aryl methyl sites for hydroxylation is 1. The number of anilines is 1. The van der Waals surface area contributed by atoms with Crippen molar-refractivity contribution in [3.63, 3.8) is 0 Å². The summed E-state index contributed by atoms with van der Waals surface area (Å²) >= 11 is 0. The maximum atomic E-state index is 13.3. The Morgan fingerprint density at radius 3 is 2.35 bits per heavy atom. The van der Waals surface area contributed by atoms with E-state index in [-0.39, 0.29) is 11.5 Å². The van der Waals surface area contributed by atoms with Gasteiger partial charge in [0.2, 0.25) is 0 Å². The van der Waals surface area contributed by atoms with E-state index in [2.05, 4.69) is 9.97 Å². The highest BCUT2D eigenvalue weighted by Crippen LogP contribution is 2.21. The third kappa shape index (κ3) is 2.18. The van der Waals surface area contributed by atoms with Gasteiger partial charge >= 0.3 is 0 Å². The maximum Gasteiger partial charge on any atom is 0.186 e. The predicted molar refractivity (Wildman–Crippen MR) is 63.1 cm³/mol. The molecule has 0 radical (unpaired) electrons. The van der Waals surface area contributed by atoms with Gasteiger partial charge in [0.05, 0.1) is 12.8 Å². The van der Waals surface area contributed by atoms with E-state index in [9.17, 15) is 4.39 Å². The zero-order valence-electron chi connectivity index (χ0n) is 9.57. The zero-order chi connectivity index (χ0) is 12.4. The molecule has 1 aromatic carbocycles. The summed E-state index contributed by atoms with van der Waals surface area (Å²) in [5.41, 5.74) is 6.47. The highest BCUT2D eigenvalue weighted by molar-refractivity contribution is 5.58. The van der Waals surface area contributed by atoms with Crippen LogP contribution in [-0.4, -0.2) is 17.1 Å². The molecule has 0 atom stereocenters. The van der Waals surface area contributed by atoms with Gasteiger partial charge in [0.25, 0.3) is 0 Å². The highest BCUT2D eigenvalue weighted by atomic mass is 19.1. The topological polar surface area (TPSA) is 61.0 Å². The number of ether oxygens (including phenoxy) is 1. The van der Waals surface area contributed by atoms with Gasteiger partial charge in [-0.25, -0.2) is 14.4 Å². The summed E-state index contributed by atoms with van der Waals surface area (Å²) in [6, 6.07) is 7.16. The Kier molecular flexibility index (Phi) is 2.91. The Morgan fingerprint density at radius 2 is 1.82 bits per heavy atom. The fraction of sp³-hybridized carbons (Fsp3) is 0.167. The summed E-state index contributed by atoms with van der Waals surface area (Å²) < 4.78 is 18.3. The molecule has 0 fully saturated rings. The third-order valence-corrected chi connectivity index (χ3v) is 2.39.